The molecule has 38 heavy (non-hydrogen) atoms. The Kier molecular flexibility index (Phi) is 14.8. The first-order valence-corrected chi connectivity index (χ1v) is 12.7. The number of benzene rings is 1. The zero-order valence-corrected chi connectivity index (χ0v) is 23.4. The van der Waals surface area contributed by atoms with Crippen LogP contribution in [-0.2, 0) is 35.0 Å². The zero-order valence-electron chi connectivity index (χ0n) is 23.4. The molecule has 0 saturated heterocycles. The molecular weight excluding hydrogens is 498 g/mol. The molecule has 0 spiro atoms. The highest BCUT2D eigenvalue weighted by Gasteiger charge is 2.22. The van der Waals surface area contributed by atoms with Crippen LogP contribution in [0, 0.1) is 17.8 Å². The van der Waals surface area contributed by atoms with Crippen LogP contribution in [-0.4, -0.2) is 63.8 Å². The van der Waals surface area contributed by atoms with Gasteiger partial charge in [0.1, 0.15) is 12.6 Å². The Morgan fingerprint density at radius 2 is 1.37 bits per heavy atom. The highest BCUT2D eigenvalue weighted by Crippen LogP contribution is 2.30. The first-order valence-electron chi connectivity index (χ1n) is 12.7. The first-order chi connectivity index (χ1) is 17.9. The van der Waals surface area contributed by atoms with E-state index in [1.807, 2.05) is 41.5 Å². The van der Waals surface area contributed by atoms with E-state index in [0.29, 0.717) is 12.0 Å². The molecule has 1 rings (SSSR count). The third-order valence-electron chi connectivity index (χ3n) is 4.72. The highest BCUT2D eigenvalue weighted by molar-refractivity contribution is 5.76. The molecule has 1 aromatic carbocycles. The van der Waals surface area contributed by atoms with E-state index in [0.717, 1.165) is 0 Å². The largest absolute Gasteiger partial charge is 0.513 e. The SMILES string of the molecule is COC(=O)[C@H](Cc1ccc(OC(=O)OCC(C)C)c(OC(=O)OCC(C)C)c1)NCCOC(=O)CC(C)C. The normalized spacial score (nSPS) is 11.7. The molecule has 0 aliphatic carbocycles. The number of carbonyl (C=O) groups is 4. The first kappa shape index (κ1) is 32.7. The number of hydrogen-bond acceptors (Lipinski definition) is 11. The molecule has 0 aliphatic heterocycles. The van der Waals surface area contributed by atoms with Crippen molar-refractivity contribution in [3.8, 4) is 11.5 Å². The molecule has 0 radical (unpaired) electrons. The Hall–Kier alpha value is -3.34. The summed E-state index contributed by atoms with van der Waals surface area (Å²) in [5.74, 6) is -0.603. The zero-order chi connectivity index (χ0) is 28.7. The van der Waals surface area contributed by atoms with E-state index in [4.69, 9.17) is 28.4 Å². The number of rotatable bonds is 15. The minimum absolute atomic E-state index is 0.0522. The molecule has 0 bridgehead atoms. The third-order valence-corrected chi connectivity index (χ3v) is 4.72. The highest BCUT2D eigenvalue weighted by atomic mass is 16.7. The summed E-state index contributed by atoms with van der Waals surface area (Å²) in [7, 11) is 1.26. The smallest absolute Gasteiger partial charge is 0.468 e. The van der Waals surface area contributed by atoms with Crippen molar-refractivity contribution in [2.45, 2.75) is 60.4 Å². The number of ether oxygens (including phenoxy) is 6. The molecule has 11 heteroatoms. The summed E-state index contributed by atoms with van der Waals surface area (Å²) in [4.78, 5) is 48.4. The van der Waals surface area contributed by atoms with Crippen LogP contribution in [0.15, 0.2) is 18.2 Å². The average molecular weight is 540 g/mol. The van der Waals surface area contributed by atoms with Crippen molar-refractivity contribution in [1.29, 1.82) is 0 Å². The van der Waals surface area contributed by atoms with E-state index in [9.17, 15) is 19.2 Å². The average Bonchev–Trinajstić information content (AvgIpc) is 2.83. The second-order valence-electron chi connectivity index (χ2n) is 9.95. The van der Waals surface area contributed by atoms with Gasteiger partial charge in [0.2, 0.25) is 0 Å². The van der Waals surface area contributed by atoms with Crippen molar-refractivity contribution < 1.29 is 47.6 Å². The maximum absolute atomic E-state index is 12.4. The molecule has 1 atom stereocenters. The lowest BCUT2D eigenvalue weighted by Crippen LogP contribution is -2.41. The number of esters is 2. The molecule has 0 unspecified atom stereocenters. The number of nitrogens with one attached hydrogen (secondary N) is 1. The number of hydrogen-bond donors (Lipinski definition) is 1. The third kappa shape index (κ3) is 13.8. The predicted molar refractivity (Wildman–Crippen MR) is 138 cm³/mol. The minimum Gasteiger partial charge on any atom is -0.468 e. The van der Waals surface area contributed by atoms with Crippen LogP contribution >= 0.6 is 0 Å². The fourth-order valence-electron chi connectivity index (χ4n) is 2.96. The van der Waals surface area contributed by atoms with Gasteiger partial charge < -0.3 is 33.7 Å². The second kappa shape index (κ2) is 17.2. The summed E-state index contributed by atoms with van der Waals surface area (Å²) in [5.41, 5.74) is 0.569. The van der Waals surface area contributed by atoms with Gasteiger partial charge in [-0.1, -0.05) is 47.6 Å². The molecule has 0 amide bonds. The maximum atomic E-state index is 12.4. The lowest BCUT2D eigenvalue weighted by Gasteiger charge is -2.18. The standard InChI is InChI=1S/C27H41NO10/c1-17(2)12-24(29)34-11-10-28-21(25(30)33-7)13-20-8-9-22(37-26(31)35-15-18(3)4)23(14-20)38-27(32)36-16-19(5)6/h8-9,14,17-19,21,28H,10-13,15-16H2,1-7H3/t21-/m0/s1. The van der Waals surface area contributed by atoms with Gasteiger partial charge in [0.05, 0.1) is 20.3 Å². The maximum Gasteiger partial charge on any atom is 0.513 e. The Morgan fingerprint density at radius 3 is 1.89 bits per heavy atom. The van der Waals surface area contributed by atoms with Crippen molar-refractivity contribution in [3.63, 3.8) is 0 Å². The van der Waals surface area contributed by atoms with Crippen LogP contribution in [0.3, 0.4) is 0 Å². The quantitative estimate of drug-likeness (QED) is 0.148. The van der Waals surface area contributed by atoms with Gasteiger partial charge >= 0.3 is 24.2 Å². The van der Waals surface area contributed by atoms with Gasteiger partial charge in [-0.3, -0.25) is 9.59 Å². The van der Waals surface area contributed by atoms with Crippen molar-refractivity contribution in [3.05, 3.63) is 23.8 Å². The van der Waals surface area contributed by atoms with Crippen LogP contribution in [0.4, 0.5) is 9.59 Å². The fraction of sp³-hybridized carbons (Fsp3) is 0.630. The molecule has 1 N–H and O–H groups in total. The molecule has 0 aromatic heterocycles. The Bertz CT molecular complexity index is 913. The van der Waals surface area contributed by atoms with Gasteiger partial charge in [0, 0.05) is 13.0 Å². The van der Waals surface area contributed by atoms with Gasteiger partial charge in [-0.15, -0.1) is 0 Å². The van der Waals surface area contributed by atoms with Crippen LogP contribution < -0.4 is 14.8 Å². The van der Waals surface area contributed by atoms with Gasteiger partial charge in [0.15, 0.2) is 11.5 Å². The monoisotopic (exact) mass is 539 g/mol. The molecule has 0 heterocycles. The Labute approximate surface area is 224 Å². The van der Waals surface area contributed by atoms with Crippen molar-refractivity contribution in [2.75, 3.05) is 33.5 Å². The second-order valence-corrected chi connectivity index (χ2v) is 9.95. The van der Waals surface area contributed by atoms with E-state index in [2.05, 4.69) is 5.32 Å². The van der Waals surface area contributed by atoms with Crippen LogP contribution in [0.1, 0.15) is 53.5 Å². The summed E-state index contributed by atoms with van der Waals surface area (Å²) < 4.78 is 30.7. The van der Waals surface area contributed by atoms with E-state index in [-0.39, 0.29) is 68.0 Å². The number of carbonyl (C=O) groups excluding carboxylic acids is 4. The number of methoxy groups -OCH3 is 1. The molecule has 0 saturated carbocycles. The lowest BCUT2D eigenvalue weighted by atomic mass is 10.1. The summed E-state index contributed by atoms with van der Waals surface area (Å²) in [5, 5.41) is 3.01. The van der Waals surface area contributed by atoms with Crippen molar-refractivity contribution >= 4 is 24.2 Å². The van der Waals surface area contributed by atoms with Gasteiger partial charge in [-0.2, -0.15) is 0 Å². The van der Waals surface area contributed by atoms with Crippen molar-refractivity contribution in [2.24, 2.45) is 17.8 Å². The fourth-order valence-corrected chi connectivity index (χ4v) is 2.96. The van der Waals surface area contributed by atoms with Gasteiger partial charge in [0.25, 0.3) is 0 Å². The predicted octanol–water partition coefficient (Wildman–Crippen LogP) is 4.29. The van der Waals surface area contributed by atoms with Gasteiger partial charge in [-0.25, -0.2) is 9.59 Å². The van der Waals surface area contributed by atoms with Crippen molar-refractivity contribution in [1.82, 2.24) is 5.32 Å². The summed E-state index contributed by atoms with van der Waals surface area (Å²) in [6.07, 6.45) is -1.47. The molecular formula is C27H41NO10. The van der Waals surface area contributed by atoms with E-state index >= 15 is 0 Å². The van der Waals surface area contributed by atoms with E-state index in [1.54, 1.807) is 6.07 Å². The molecule has 11 nitrogen and oxygen atoms in total. The van der Waals surface area contributed by atoms with Crippen LogP contribution in [0.2, 0.25) is 0 Å². The Morgan fingerprint density at radius 1 is 0.789 bits per heavy atom. The molecule has 214 valence electrons. The lowest BCUT2D eigenvalue weighted by molar-refractivity contribution is -0.144. The van der Waals surface area contributed by atoms with E-state index in [1.165, 1.54) is 19.2 Å². The molecule has 0 aliphatic rings. The van der Waals surface area contributed by atoms with Crippen LogP contribution in [0.25, 0.3) is 0 Å². The molecule has 0 fully saturated rings. The summed E-state index contributed by atoms with van der Waals surface area (Å²) >= 11 is 0. The summed E-state index contributed by atoms with van der Waals surface area (Å²) in [6, 6.07) is 3.71. The minimum atomic E-state index is -0.970. The topological polar surface area (TPSA) is 136 Å². The summed E-state index contributed by atoms with van der Waals surface area (Å²) in [6.45, 7) is 11.9. The van der Waals surface area contributed by atoms with Gasteiger partial charge in [-0.05, 0) is 41.9 Å². The Balaban J connectivity index is 2.98. The molecule has 1 aromatic rings. The van der Waals surface area contributed by atoms with E-state index < -0.39 is 24.3 Å². The van der Waals surface area contributed by atoms with Crippen LogP contribution in [0.5, 0.6) is 11.5 Å².